The van der Waals surface area contributed by atoms with Crippen molar-refractivity contribution in [3.05, 3.63) is 22.2 Å². The second-order valence-electron chi connectivity index (χ2n) is 1.81. The molecule has 4 N–H and O–H groups in total. The zero-order valence-corrected chi connectivity index (χ0v) is 5.37. The molecule has 6 heteroatoms. The van der Waals surface area contributed by atoms with E-state index < -0.39 is 11.5 Å². The molecule has 0 aromatic carbocycles. The molecular formula is C5H5N3O3. The summed E-state index contributed by atoms with van der Waals surface area (Å²) in [5.74, 6) is -1.50. The lowest BCUT2D eigenvalue weighted by Gasteiger charge is -1.95. The minimum Gasteiger partial charge on any atom is -0.476 e. The van der Waals surface area contributed by atoms with Gasteiger partial charge in [0.15, 0.2) is 11.5 Å². The Morgan fingerprint density at radius 2 is 2.36 bits per heavy atom. The van der Waals surface area contributed by atoms with Crippen LogP contribution in [-0.4, -0.2) is 21.0 Å². The summed E-state index contributed by atoms with van der Waals surface area (Å²) in [4.78, 5) is 26.2. The molecule has 0 atom stereocenters. The Morgan fingerprint density at radius 1 is 1.73 bits per heavy atom. The van der Waals surface area contributed by atoms with E-state index in [9.17, 15) is 9.59 Å². The molecule has 1 aromatic heterocycles. The Kier molecular flexibility index (Phi) is 1.59. The third-order valence-corrected chi connectivity index (χ3v) is 1.04. The van der Waals surface area contributed by atoms with Crippen molar-refractivity contribution in [3.63, 3.8) is 0 Å². The molecule has 0 unspecified atom stereocenters. The summed E-state index contributed by atoms with van der Waals surface area (Å²) in [6.45, 7) is 0. The molecular weight excluding hydrogens is 150 g/mol. The van der Waals surface area contributed by atoms with Crippen LogP contribution in [0.4, 0.5) is 5.82 Å². The van der Waals surface area contributed by atoms with Crippen LogP contribution in [0.3, 0.4) is 0 Å². The monoisotopic (exact) mass is 155 g/mol. The number of carbonyl (C=O) groups is 1. The average Bonchev–Trinajstić information content (AvgIpc) is 1.94. The molecule has 1 rings (SSSR count). The van der Waals surface area contributed by atoms with Gasteiger partial charge in [0, 0.05) is 0 Å². The van der Waals surface area contributed by atoms with Crippen molar-refractivity contribution in [1.82, 2.24) is 9.97 Å². The predicted molar refractivity (Wildman–Crippen MR) is 36.2 cm³/mol. The molecule has 0 amide bonds. The third-order valence-electron chi connectivity index (χ3n) is 1.04. The number of H-pyrrole nitrogens is 1. The summed E-state index contributed by atoms with van der Waals surface area (Å²) < 4.78 is 0. The van der Waals surface area contributed by atoms with Gasteiger partial charge in [-0.3, -0.25) is 4.79 Å². The normalized spacial score (nSPS) is 9.45. The van der Waals surface area contributed by atoms with Crippen molar-refractivity contribution in [1.29, 1.82) is 0 Å². The number of carboxylic acid groups (broad SMARTS) is 1. The lowest BCUT2D eigenvalue weighted by molar-refractivity contribution is 0.0691. The van der Waals surface area contributed by atoms with Crippen molar-refractivity contribution in [3.8, 4) is 0 Å². The molecule has 0 aliphatic carbocycles. The number of carboxylic acids is 1. The predicted octanol–water partition coefficient (Wildman–Crippen LogP) is -0.950. The average molecular weight is 155 g/mol. The van der Waals surface area contributed by atoms with Crippen LogP contribution in [0.25, 0.3) is 0 Å². The quantitative estimate of drug-likeness (QED) is 0.484. The van der Waals surface area contributed by atoms with E-state index in [0.717, 1.165) is 6.20 Å². The van der Waals surface area contributed by atoms with Crippen molar-refractivity contribution in [2.24, 2.45) is 0 Å². The van der Waals surface area contributed by atoms with Crippen molar-refractivity contribution in [2.45, 2.75) is 0 Å². The van der Waals surface area contributed by atoms with Crippen LogP contribution in [0.1, 0.15) is 10.5 Å². The number of nitrogens with two attached hydrogens (primary N) is 1. The lowest BCUT2D eigenvalue weighted by Crippen LogP contribution is -2.16. The van der Waals surface area contributed by atoms with Crippen LogP contribution in [-0.2, 0) is 0 Å². The molecule has 0 aliphatic rings. The second kappa shape index (κ2) is 2.41. The largest absolute Gasteiger partial charge is 0.476 e. The van der Waals surface area contributed by atoms with Crippen LogP contribution < -0.4 is 11.3 Å². The molecule has 6 nitrogen and oxygen atoms in total. The van der Waals surface area contributed by atoms with Crippen molar-refractivity contribution in [2.75, 3.05) is 5.73 Å². The number of rotatable bonds is 1. The van der Waals surface area contributed by atoms with Crippen LogP contribution >= 0.6 is 0 Å². The lowest BCUT2D eigenvalue weighted by atomic mass is 10.4. The fourth-order valence-electron chi connectivity index (χ4n) is 0.575. The van der Waals surface area contributed by atoms with Gasteiger partial charge in [0.1, 0.15) is 0 Å². The third kappa shape index (κ3) is 1.34. The number of aromatic nitrogens is 2. The highest BCUT2D eigenvalue weighted by atomic mass is 16.4. The van der Waals surface area contributed by atoms with E-state index in [1.54, 1.807) is 0 Å². The Morgan fingerprint density at radius 3 is 2.82 bits per heavy atom. The number of anilines is 1. The highest BCUT2D eigenvalue weighted by molar-refractivity contribution is 5.89. The molecule has 58 valence electrons. The van der Waals surface area contributed by atoms with Gasteiger partial charge >= 0.3 is 5.97 Å². The molecule has 0 radical (unpaired) electrons. The van der Waals surface area contributed by atoms with Crippen molar-refractivity contribution < 1.29 is 9.90 Å². The van der Waals surface area contributed by atoms with Gasteiger partial charge < -0.3 is 15.8 Å². The molecule has 0 saturated carbocycles. The van der Waals surface area contributed by atoms with Crippen LogP contribution in [0.2, 0.25) is 0 Å². The zero-order valence-electron chi connectivity index (χ0n) is 5.37. The number of nitrogen functional groups attached to an aromatic ring is 1. The summed E-state index contributed by atoms with van der Waals surface area (Å²) in [6.07, 6.45) is 0.918. The minimum absolute atomic E-state index is 0.197. The number of nitrogens with one attached hydrogen (secondary N) is 1. The van der Waals surface area contributed by atoms with Crippen LogP contribution in [0.15, 0.2) is 11.0 Å². The highest BCUT2D eigenvalue weighted by Crippen LogP contribution is 1.98. The second-order valence-corrected chi connectivity index (χ2v) is 1.81. The number of hydrogen-bond acceptors (Lipinski definition) is 4. The first-order chi connectivity index (χ1) is 5.11. The van der Waals surface area contributed by atoms with Gasteiger partial charge in [-0.25, -0.2) is 9.78 Å². The summed E-state index contributed by atoms with van der Waals surface area (Å²) >= 11 is 0. The fraction of sp³-hybridized carbons (Fsp3) is 0. The maximum atomic E-state index is 10.5. The van der Waals surface area contributed by atoms with Gasteiger partial charge in [0.05, 0.1) is 6.20 Å². The standard InChI is InChI=1S/C5H5N3O3/c6-4-3(5(10)11)8-2(9)1-7-4/h1H,(H2,6,7)(H,8,9)(H,10,11). The number of aromatic carboxylic acids is 1. The first-order valence-electron chi connectivity index (χ1n) is 2.69. The van der Waals surface area contributed by atoms with Gasteiger partial charge in [-0.1, -0.05) is 0 Å². The fourth-order valence-corrected chi connectivity index (χ4v) is 0.575. The topological polar surface area (TPSA) is 109 Å². The summed E-state index contributed by atoms with van der Waals surface area (Å²) in [5, 5.41) is 8.40. The van der Waals surface area contributed by atoms with Gasteiger partial charge in [0.25, 0.3) is 5.56 Å². The molecule has 11 heavy (non-hydrogen) atoms. The Bertz CT molecular complexity index is 343. The van der Waals surface area contributed by atoms with Crippen LogP contribution in [0.5, 0.6) is 0 Å². The van der Waals surface area contributed by atoms with Gasteiger partial charge in [0.2, 0.25) is 0 Å². The Labute approximate surface area is 60.7 Å². The maximum absolute atomic E-state index is 10.5. The molecule has 0 saturated heterocycles. The van der Waals surface area contributed by atoms with Crippen LogP contribution in [0, 0.1) is 0 Å². The van der Waals surface area contributed by atoms with Gasteiger partial charge in [-0.2, -0.15) is 0 Å². The van der Waals surface area contributed by atoms with Crippen molar-refractivity contribution >= 4 is 11.8 Å². The van der Waals surface area contributed by atoms with Gasteiger partial charge in [-0.05, 0) is 0 Å². The van der Waals surface area contributed by atoms with E-state index >= 15 is 0 Å². The summed E-state index contributed by atoms with van der Waals surface area (Å²) in [5.41, 5.74) is 4.16. The van der Waals surface area contributed by atoms with E-state index in [0.29, 0.717) is 0 Å². The maximum Gasteiger partial charge on any atom is 0.356 e. The van der Waals surface area contributed by atoms with E-state index in [-0.39, 0.29) is 11.5 Å². The smallest absolute Gasteiger partial charge is 0.356 e. The molecule has 0 fully saturated rings. The number of aromatic amines is 1. The van der Waals surface area contributed by atoms with Gasteiger partial charge in [-0.15, -0.1) is 0 Å². The van der Waals surface area contributed by atoms with E-state index in [1.807, 2.05) is 4.98 Å². The van der Waals surface area contributed by atoms with E-state index in [1.165, 1.54) is 0 Å². The first kappa shape index (κ1) is 7.26. The summed E-state index contributed by atoms with van der Waals surface area (Å²) in [7, 11) is 0. The SMILES string of the molecule is Nc1ncc(=O)[nH]c1C(=O)O. The van der Waals surface area contributed by atoms with E-state index in [2.05, 4.69) is 4.98 Å². The highest BCUT2D eigenvalue weighted by Gasteiger charge is 2.08. The molecule has 0 aliphatic heterocycles. The minimum atomic E-state index is -1.30. The zero-order chi connectivity index (χ0) is 8.43. The Balaban J connectivity index is 3.35. The molecule has 0 bridgehead atoms. The number of hydrogen-bond donors (Lipinski definition) is 3. The number of nitrogens with zero attached hydrogens (tertiary/aromatic N) is 1. The molecule has 1 aromatic rings. The summed E-state index contributed by atoms with van der Waals surface area (Å²) in [6, 6.07) is 0. The molecule has 0 spiro atoms. The Hall–Kier alpha value is -1.85. The molecule has 1 heterocycles. The first-order valence-corrected chi connectivity index (χ1v) is 2.69. The van der Waals surface area contributed by atoms with E-state index in [4.69, 9.17) is 10.8 Å².